The molecule has 1 aliphatic rings. The van der Waals surface area contributed by atoms with Gasteiger partial charge in [0.2, 0.25) is 0 Å². The van der Waals surface area contributed by atoms with Crippen molar-refractivity contribution in [3.05, 3.63) is 28.2 Å². The van der Waals surface area contributed by atoms with Crippen LogP contribution in [0.5, 0.6) is 0 Å². The van der Waals surface area contributed by atoms with E-state index < -0.39 is 0 Å². The minimum atomic E-state index is -0.230. The van der Waals surface area contributed by atoms with Crippen LogP contribution in [0.1, 0.15) is 19.4 Å². The number of nitrogen functional groups attached to an aromatic ring is 1. The zero-order valence-electron chi connectivity index (χ0n) is 11.4. The summed E-state index contributed by atoms with van der Waals surface area (Å²) in [6.45, 7) is 6.58. The second kappa shape index (κ2) is 5.79. The lowest BCUT2D eigenvalue weighted by molar-refractivity contribution is -0.150. The van der Waals surface area contributed by atoms with Gasteiger partial charge in [-0.15, -0.1) is 0 Å². The third-order valence-electron chi connectivity index (χ3n) is 3.22. The van der Waals surface area contributed by atoms with Gasteiger partial charge in [0.1, 0.15) is 0 Å². The van der Waals surface area contributed by atoms with Crippen LogP contribution < -0.4 is 5.73 Å². The minimum absolute atomic E-state index is 0.0579. The van der Waals surface area contributed by atoms with E-state index in [0.717, 1.165) is 29.8 Å². The van der Waals surface area contributed by atoms with Crippen molar-refractivity contribution in [1.29, 1.82) is 0 Å². The number of aliphatic hydroxyl groups is 1. The minimum Gasteiger partial charge on any atom is -0.398 e. The third kappa shape index (κ3) is 3.92. The molecule has 0 spiro atoms. The van der Waals surface area contributed by atoms with Gasteiger partial charge in [0.15, 0.2) is 0 Å². The summed E-state index contributed by atoms with van der Waals surface area (Å²) in [5, 5.41) is 9.31. The van der Waals surface area contributed by atoms with Crippen molar-refractivity contribution in [3.63, 3.8) is 0 Å². The molecule has 1 unspecified atom stereocenters. The van der Waals surface area contributed by atoms with Gasteiger partial charge in [-0.05, 0) is 47.5 Å². The molecule has 0 bridgehead atoms. The Morgan fingerprint density at radius 3 is 2.89 bits per heavy atom. The first-order valence-electron chi connectivity index (χ1n) is 6.44. The second-order valence-electron chi connectivity index (χ2n) is 5.71. The molecule has 1 aromatic carbocycles. The molecule has 1 aliphatic heterocycles. The maximum Gasteiger partial charge on any atom is 0.0940 e. The van der Waals surface area contributed by atoms with E-state index in [-0.39, 0.29) is 18.3 Å². The van der Waals surface area contributed by atoms with Crippen molar-refractivity contribution in [3.8, 4) is 0 Å². The number of ether oxygens (including phenoxy) is 1. The Kier molecular flexibility index (Phi) is 4.50. The molecule has 1 aromatic rings. The molecule has 1 fully saturated rings. The van der Waals surface area contributed by atoms with Crippen LogP contribution in [0.25, 0.3) is 0 Å². The van der Waals surface area contributed by atoms with Crippen LogP contribution in [-0.2, 0) is 11.3 Å². The molecule has 0 saturated carbocycles. The van der Waals surface area contributed by atoms with Gasteiger partial charge in [-0.3, -0.25) is 4.90 Å². The van der Waals surface area contributed by atoms with Crippen LogP contribution in [0.4, 0.5) is 5.69 Å². The Bertz CT molecular complexity index is 451. The van der Waals surface area contributed by atoms with Gasteiger partial charge >= 0.3 is 0 Å². The number of rotatable bonds is 3. The highest BCUT2D eigenvalue weighted by molar-refractivity contribution is 9.10. The fourth-order valence-electron chi connectivity index (χ4n) is 2.58. The van der Waals surface area contributed by atoms with Crippen molar-refractivity contribution in [2.24, 2.45) is 0 Å². The summed E-state index contributed by atoms with van der Waals surface area (Å²) in [5.41, 5.74) is 7.60. The molecule has 0 radical (unpaired) electrons. The molecule has 0 amide bonds. The van der Waals surface area contributed by atoms with E-state index in [1.165, 1.54) is 5.56 Å². The van der Waals surface area contributed by atoms with Crippen LogP contribution in [0.3, 0.4) is 0 Å². The fourth-order valence-corrected chi connectivity index (χ4v) is 2.83. The SMILES string of the molecule is CC1(C)CN(Cc2ccc(Br)c(N)c2)CC(CO)O1. The molecule has 5 heteroatoms. The topological polar surface area (TPSA) is 58.7 Å². The van der Waals surface area contributed by atoms with E-state index >= 15 is 0 Å². The van der Waals surface area contributed by atoms with Crippen molar-refractivity contribution < 1.29 is 9.84 Å². The number of halogens is 1. The number of morpholine rings is 1. The number of nitrogens with two attached hydrogens (primary N) is 1. The summed E-state index contributed by atoms with van der Waals surface area (Å²) in [6, 6.07) is 6.02. The molecular formula is C14H21BrN2O2. The summed E-state index contributed by atoms with van der Waals surface area (Å²) >= 11 is 3.40. The first-order chi connectivity index (χ1) is 8.89. The number of anilines is 1. The molecule has 3 N–H and O–H groups in total. The Balaban J connectivity index is 2.07. The van der Waals surface area contributed by atoms with Crippen molar-refractivity contribution in [1.82, 2.24) is 4.90 Å². The molecule has 1 atom stereocenters. The Morgan fingerprint density at radius 2 is 2.26 bits per heavy atom. The first kappa shape index (κ1) is 14.8. The number of benzene rings is 1. The summed E-state index contributed by atoms with van der Waals surface area (Å²) in [6.07, 6.45) is -0.114. The van der Waals surface area contributed by atoms with Crippen LogP contribution in [0, 0.1) is 0 Å². The molecule has 19 heavy (non-hydrogen) atoms. The van der Waals surface area contributed by atoms with Gasteiger partial charge < -0.3 is 15.6 Å². The smallest absolute Gasteiger partial charge is 0.0940 e. The summed E-state index contributed by atoms with van der Waals surface area (Å²) < 4.78 is 6.73. The van der Waals surface area contributed by atoms with E-state index in [4.69, 9.17) is 10.5 Å². The van der Waals surface area contributed by atoms with E-state index in [1.54, 1.807) is 0 Å². The number of hydrogen-bond acceptors (Lipinski definition) is 4. The summed E-state index contributed by atoms with van der Waals surface area (Å²) in [7, 11) is 0. The molecule has 4 nitrogen and oxygen atoms in total. The highest BCUT2D eigenvalue weighted by Gasteiger charge is 2.32. The lowest BCUT2D eigenvalue weighted by Gasteiger charge is -2.42. The second-order valence-corrected chi connectivity index (χ2v) is 6.56. The normalized spacial score (nSPS) is 23.5. The highest BCUT2D eigenvalue weighted by Crippen LogP contribution is 2.25. The average Bonchev–Trinajstić information content (AvgIpc) is 2.32. The van der Waals surface area contributed by atoms with Crippen molar-refractivity contribution in [2.75, 3.05) is 25.4 Å². The van der Waals surface area contributed by atoms with Gasteiger partial charge in [-0.1, -0.05) is 6.07 Å². The van der Waals surface area contributed by atoms with Gasteiger partial charge in [-0.2, -0.15) is 0 Å². The van der Waals surface area contributed by atoms with E-state index in [1.807, 2.05) is 12.1 Å². The Hall–Kier alpha value is -0.620. The Morgan fingerprint density at radius 1 is 1.53 bits per heavy atom. The van der Waals surface area contributed by atoms with Crippen LogP contribution in [0.15, 0.2) is 22.7 Å². The van der Waals surface area contributed by atoms with E-state index in [2.05, 4.69) is 40.7 Å². The van der Waals surface area contributed by atoms with Crippen LogP contribution in [0.2, 0.25) is 0 Å². The molecule has 106 valence electrons. The van der Waals surface area contributed by atoms with E-state index in [0.29, 0.717) is 0 Å². The predicted molar refractivity (Wildman–Crippen MR) is 79.9 cm³/mol. The Labute approximate surface area is 122 Å². The fraction of sp³-hybridized carbons (Fsp3) is 0.571. The molecule has 1 saturated heterocycles. The van der Waals surface area contributed by atoms with Crippen molar-refractivity contribution in [2.45, 2.75) is 32.1 Å². The number of nitrogens with zero attached hydrogens (tertiary/aromatic N) is 1. The molecule has 0 aliphatic carbocycles. The zero-order valence-corrected chi connectivity index (χ0v) is 13.0. The van der Waals surface area contributed by atoms with Gasteiger partial charge in [0.05, 0.1) is 18.3 Å². The lowest BCUT2D eigenvalue weighted by atomic mass is 10.0. The monoisotopic (exact) mass is 328 g/mol. The summed E-state index contributed by atoms with van der Waals surface area (Å²) in [5.74, 6) is 0. The number of hydrogen-bond donors (Lipinski definition) is 2. The van der Waals surface area contributed by atoms with Gasteiger partial charge in [0, 0.05) is 29.8 Å². The molecular weight excluding hydrogens is 308 g/mol. The quantitative estimate of drug-likeness (QED) is 0.833. The van der Waals surface area contributed by atoms with Gasteiger partial charge in [-0.25, -0.2) is 0 Å². The third-order valence-corrected chi connectivity index (χ3v) is 3.94. The van der Waals surface area contributed by atoms with E-state index in [9.17, 15) is 5.11 Å². The van der Waals surface area contributed by atoms with Crippen LogP contribution >= 0.6 is 15.9 Å². The maximum atomic E-state index is 9.31. The van der Waals surface area contributed by atoms with Crippen molar-refractivity contribution >= 4 is 21.6 Å². The zero-order chi connectivity index (χ0) is 14.0. The largest absolute Gasteiger partial charge is 0.398 e. The lowest BCUT2D eigenvalue weighted by Crippen LogP contribution is -2.53. The van der Waals surface area contributed by atoms with Crippen LogP contribution in [-0.4, -0.2) is 41.4 Å². The molecule has 0 aromatic heterocycles. The molecule has 2 rings (SSSR count). The predicted octanol–water partition coefficient (Wildman–Crippen LogP) is 2.00. The first-order valence-corrected chi connectivity index (χ1v) is 7.24. The highest BCUT2D eigenvalue weighted by atomic mass is 79.9. The van der Waals surface area contributed by atoms with Gasteiger partial charge in [0.25, 0.3) is 0 Å². The molecule has 1 heterocycles. The number of aliphatic hydroxyl groups excluding tert-OH is 1. The standard InChI is InChI=1S/C14H21BrN2O2/c1-14(2)9-17(7-11(8-18)19-14)6-10-3-4-12(15)13(16)5-10/h3-5,11,18H,6-9,16H2,1-2H3. The maximum absolute atomic E-state index is 9.31. The average molecular weight is 329 g/mol. The summed E-state index contributed by atoms with van der Waals surface area (Å²) in [4.78, 5) is 2.30.